The van der Waals surface area contributed by atoms with E-state index in [1.54, 1.807) is 19.1 Å². The third-order valence-electron chi connectivity index (χ3n) is 2.84. The fourth-order valence-electron chi connectivity index (χ4n) is 1.77. The van der Waals surface area contributed by atoms with E-state index in [9.17, 15) is 9.18 Å². The van der Waals surface area contributed by atoms with Gasteiger partial charge in [0.25, 0.3) is 5.91 Å². The number of hydrogen-bond donors (Lipinski definition) is 2. The highest BCUT2D eigenvalue weighted by molar-refractivity contribution is 6.29. The maximum atomic E-state index is 13.1. The minimum absolute atomic E-state index is 0.183. The van der Waals surface area contributed by atoms with E-state index in [1.165, 1.54) is 24.4 Å². The van der Waals surface area contributed by atoms with E-state index in [2.05, 4.69) is 10.3 Å². The van der Waals surface area contributed by atoms with Gasteiger partial charge >= 0.3 is 0 Å². The molecule has 1 aromatic heterocycles. The number of aromatic nitrogens is 1. The fraction of sp³-hybridized carbons (Fsp3) is 0.143. The zero-order chi connectivity index (χ0) is 14.7. The number of carbonyl (C=O) groups excluding carboxylic acids is 1. The van der Waals surface area contributed by atoms with Crippen LogP contribution < -0.4 is 11.1 Å². The molecule has 1 heterocycles. The Morgan fingerprint density at radius 3 is 2.90 bits per heavy atom. The topological polar surface area (TPSA) is 68.0 Å². The average Bonchev–Trinajstić information content (AvgIpc) is 2.41. The predicted octanol–water partition coefficient (Wildman–Crippen LogP) is 2.95. The molecule has 1 atom stereocenters. The van der Waals surface area contributed by atoms with Gasteiger partial charge < -0.3 is 11.1 Å². The Bertz CT molecular complexity index is 648. The highest BCUT2D eigenvalue weighted by Gasteiger charge is 2.15. The average molecular weight is 294 g/mol. The second kappa shape index (κ2) is 5.88. The number of pyridine rings is 1. The molecule has 6 heteroatoms. The SMILES string of the molecule is CC(NC(=O)c1cc(Cl)ncc1N)c1cccc(F)c1. The Labute approximate surface area is 120 Å². The number of rotatable bonds is 3. The molecule has 0 saturated heterocycles. The van der Waals surface area contributed by atoms with Crippen LogP contribution >= 0.6 is 11.6 Å². The van der Waals surface area contributed by atoms with Gasteiger partial charge in [-0.3, -0.25) is 4.79 Å². The van der Waals surface area contributed by atoms with Crippen molar-refractivity contribution in [3.05, 3.63) is 58.6 Å². The standard InChI is InChI=1S/C14H13ClFN3O/c1-8(9-3-2-4-10(16)5-9)19-14(20)11-6-13(15)18-7-12(11)17/h2-8H,17H2,1H3,(H,19,20). The van der Waals surface area contributed by atoms with Gasteiger partial charge in [0.05, 0.1) is 23.5 Å². The number of anilines is 1. The van der Waals surface area contributed by atoms with Gasteiger partial charge in [-0.1, -0.05) is 23.7 Å². The van der Waals surface area contributed by atoms with Gasteiger partial charge in [-0.25, -0.2) is 9.37 Å². The van der Waals surface area contributed by atoms with Crippen LogP contribution in [0.4, 0.5) is 10.1 Å². The lowest BCUT2D eigenvalue weighted by Crippen LogP contribution is -2.27. The minimum atomic E-state index is -0.386. The Morgan fingerprint density at radius 2 is 2.20 bits per heavy atom. The molecule has 0 radical (unpaired) electrons. The summed E-state index contributed by atoms with van der Waals surface area (Å²) in [5, 5.41) is 2.92. The lowest BCUT2D eigenvalue weighted by atomic mass is 10.1. The van der Waals surface area contributed by atoms with Crippen molar-refractivity contribution in [1.29, 1.82) is 0 Å². The van der Waals surface area contributed by atoms with E-state index in [1.807, 2.05) is 0 Å². The number of benzene rings is 1. The van der Waals surface area contributed by atoms with Crippen LogP contribution in [0.25, 0.3) is 0 Å². The molecule has 2 aromatic rings. The van der Waals surface area contributed by atoms with Crippen LogP contribution in [0, 0.1) is 5.82 Å². The van der Waals surface area contributed by atoms with Crippen LogP contribution in [0.2, 0.25) is 5.15 Å². The van der Waals surface area contributed by atoms with E-state index >= 15 is 0 Å². The Morgan fingerprint density at radius 1 is 1.45 bits per heavy atom. The molecule has 4 nitrogen and oxygen atoms in total. The maximum absolute atomic E-state index is 13.1. The van der Waals surface area contributed by atoms with Crippen LogP contribution in [0.15, 0.2) is 36.5 Å². The Balaban J connectivity index is 2.17. The molecule has 2 rings (SSSR count). The van der Waals surface area contributed by atoms with Crippen LogP contribution in [0.5, 0.6) is 0 Å². The first-order valence-corrected chi connectivity index (χ1v) is 6.32. The lowest BCUT2D eigenvalue weighted by molar-refractivity contribution is 0.0940. The highest BCUT2D eigenvalue weighted by atomic mass is 35.5. The van der Waals surface area contributed by atoms with Gasteiger partial charge in [-0.2, -0.15) is 0 Å². The third kappa shape index (κ3) is 3.24. The van der Waals surface area contributed by atoms with E-state index in [0.29, 0.717) is 5.56 Å². The number of hydrogen-bond acceptors (Lipinski definition) is 3. The summed E-state index contributed by atoms with van der Waals surface area (Å²) < 4.78 is 13.1. The molecule has 1 aromatic carbocycles. The number of amides is 1. The number of nitrogens with zero attached hydrogens (tertiary/aromatic N) is 1. The number of carbonyl (C=O) groups is 1. The van der Waals surface area contributed by atoms with Gasteiger partial charge in [-0.15, -0.1) is 0 Å². The normalized spacial score (nSPS) is 11.9. The molecule has 0 aliphatic carbocycles. The molecular weight excluding hydrogens is 281 g/mol. The molecule has 0 aliphatic heterocycles. The fourth-order valence-corrected chi connectivity index (χ4v) is 1.93. The van der Waals surface area contributed by atoms with Crippen LogP contribution in [-0.4, -0.2) is 10.9 Å². The number of nitrogen functional groups attached to an aromatic ring is 1. The summed E-state index contributed by atoms with van der Waals surface area (Å²) in [5.74, 6) is -0.737. The van der Waals surface area contributed by atoms with Crippen molar-refractivity contribution in [2.45, 2.75) is 13.0 Å². The van der Waals surface area contributed by atoms with Crippen molar-refractivity contribution in [2.75, 3.05) is 5.73 Å². The smallest absolute Gasteiger partial charge is 0.254 e. The first kappa shape index (κ1) is 14.3. The molecule has 1 unspecified atom stereocenters. The van der Waals surface area contributed by atoms with Gasteiger partial charge in [0.1, 0.15) is 11.0 Å². The number of nitrogens with one attached hydrogen (secondary N) is 1. The largest absolute Gasteiger partial charge is 0.397 e. The van der Waals surface area contributed by atoms with E-state index in [-0.39, 0.29) is 34.2 Å². The molecule has 0 aliphatic rings. The summed E-state index contributed by atoms with van der Waals surface area (Å²) in [6, 6.07) is 7.07. The summed E-state index contributed by atoms with van der Waals surface area (Å²) in [6.07, 6.45) is 1.32. The first-order chi connectivity index (χ1) is 9.47. The second-order valence-electron chi connectivity index (χ2n) is 4.34. The molecule has 104 valence electrons. The number of nitrogens with two attached hydrogens (primary N) is 1. The quantitative estimate of drug-likeness (QED) is 0.855. The molecule has 1 amide bonds. The van der Waals surface area contributed by atoms with Crippen LogP contribution in [0.3, 0.4) is 0 Å². The van der Waals surface area contributed by atoms with Gasteiger partial charge in [0.15, 0.2) is 0 Å². The van der Waals surface area contributed by atoms with Crippen molar-refractivity contribution < 1.29 is 9.18 Å². The second-order valence-corrected chi connectivity index (χ2v) is 4.73. The maximum Gasteiger partial charge on any atom is 0.254 e. The molecule has 0 saturated carbocycles. The van der Waals surface area contributed by atoms with Crippen molar-refractivity contribution in [1.82, 2.24) is 10.3 Å². The van der Waals surface area contributed by atoms with Crippen molar-refractivity contribution >= 4 is 23.2 Å². The predicted molar refractivity (Wildman–Crippen MR) is 75.9 cm³/mol. The van der Waals surface area contributed by atoms with Crippen LogP contribution in [0.1, 0.15) is 28.9 Å². The zero-order valence-corrected chi connectivity index (χ0v) is 11.5. The summed E-state index contributed by atoms with van der Waals surface area (Å²) >= 11 is 5.74. The Kier molecular flexibility index (Phi) is 4.20. The summed E-state index contributed by atoms with van der Waals surface area (Å²) in [4.78, 5) is 15.9. The highest BCUT2D eigenvalue weighted by Crippen LogP contribution is 2.18. The Hall–Kier alpha value is -2.14. The molecule has 0 bridgehead atoms. The molecule has 0 fully saturated rings. The van der Waals surface area contributed by atoms with Crippen molar-refractivity contribution in [3.63, 3.8) is 0 Å². The van der Waals surface area contributed by atoms with Gasteiger partial charge in [-0.05, 0) is 30.7 Å². The van der Waals surface area contributed by atoms with E-state index in [4.69, 9.17) is 17.3 Å². The van der Waals surface area contributed by atoms with Gasteiger partial charge in [0.2, 0.25) is 0 Å². The monoisotopic (exact) mass is 293 g/mol. The molecular formula is C14H13ClFN3O. The molecule has 0 spiro atoms. The number of halogens is 2. The van der Waals surface area contributed by atoms with Gasteiger partial charge in [0, 0.05) is 0 Å². The lowest BCUT2D eigenvalue weighted by Gasteiger charge is -2.15. The van der Waals surface area contributed by atoms with Crippen molar-refractivity contribution in [3.8, 4) is 0 Å². The summed E-state index contributed by atoms with van der Waals surface area (Å²) in [7, 11) is 0. The summed E-state index contributed by atoms with van der Waals surface area (Å²) in [6.45, 7) is 1.76. The molecule has 20 heavy (non-hydrogen) atoms. The van der Waals surface area contributed by atoms with Crippen molar-refractivity contribution in [2.24, 2.45) is 0 Å². The first-order valence-electron chi connectivity index (χ1n) is 5.94. The third-order valence-corrected chi connectivity index (χ3v) is 3.05. The van der Waals surface area contributed by atoms with E-state index in [0.717, 1.165) is 0 Å². The summed E-state index contributed by atoms with van der Waals surface area (Å²) in [5.41, 5.74) is 6.83. The minimum Gasteiger partial charge on any atom is -0.397 e. The zero-order valence-electron chi connectivity index (χ0n) is 10.7. The molecule has 3 N–H and O–H groups in total. The van der Waals surface area contributed by atoms with Crippen LogP contribution in [-0.2, 0) is 0 Å². The van der Waals surface area contributed by atoms with E-state index < -0.39 is 0 Å².